The van der Waals surface area contributed by atoms with Gasteiger partial charge in [-0.05, 0) is 58.0 Å². The van der Waals surface area contributed by atoms with Gasteiger partial charge in [0.2, 0.25) is 11.8 Å². The largest absolute Gasteiger partial charge is 0.341 e. The van der Waals surface area contributed by atoms with Gasteiger partial charge in [0.15, 0.2) is 0 Å². The molecule has 1 N–H and O–H groups in total. The van der Waals surface area contributed by atoms with E-state index in [4.69, 9.17) is 0 Å². The van der Waals surface area contributed by atoms with Crippen LogP contribution < -0.4 is 5.32 Å². The van der Waals surface area contributed by atoms with E-state index >= 15 is 0 Å². The first-order valence-corrected chi connectivity index (χ1v) is 8.90. The summed E-state index contributed by atoms with van der Waals surface area (Å²) in [7, 11) is 1.98. The van der Waals surface area contributed by atoms with E-state index in [1.54, 1.807) is 0 Å². The Kier molecular flexibility index (Phi) is 8.92. The van der Waals surface area contributed by atoms with E-state index in [0.717, 1.165) is 64.7 Å². The lowest BCUT2D eigenvalue weighted by molar-refractivity contribution is -0.148. The first-order valence-electron chi connectivity index (χ1n) is 8.90. The van der Waals surface area contributed by atoms with Crippen molar-refractivity contribution in [1.82, 2.24) is 15.1 Å². The van der Waals surface area contributed by atoms with Gasteiger partial charge in [0.1, 0.15) is 6.04 Å². The Hall–Kier alpha value is -0.810. The predicted octanol–water partition coefficient (Wildman–Crippen LogP) is 2.05. The minimum absolute atomic E-state index is 0. The molecule has 2 fully saturated rings. The van der Waals surface area contributed by atoms with E-state index in [-0.39, 0.29) is 30.3 Å². The molecule has 1 unspecified atom stereocenters. The summed E-state index contributed by atoms with van der Waals surface area (Å²) in [5.74, 6) is 1.02. The van der Waals surface area contributed by atoms with Crippen molar-refractivity contribution >= 4 is 24.2 Å². The Bertz CT molecular complexity index is 384. The van der Waals surface area contributed by atoms with Crippen molar-refractivity contribution in [2.75, 3.05) is 33.2 Å². The molecule has 0 aromatic carbocycles. The number of carbonyl (C=O) groups excluding carboxylic acids is 2. The van der Waals surface area contributed by atoms with E-state index in [1.807, 2.05) is 23.8 Å². The van der Waals surface area contributed by atoms with E-state index in [0.29, 0.717) is 12.3 Å². The minimum Gasteiger partial charge on any atom is -0.341 e. The first-order chi connectivity index (χ1) is 10.7. The van der Waals surface area contributed by atoms with Crippen LogP contribution in [0.2, 0.25) is 0 Å². The third-order valence-corrected chi connectivity index (χ3v) is 4.99. The SMILES string of the molecule is CCCC(=O)N1CCCCC1C(=O)N1CCC(CNC)CC1.Cl. The summed E-state index contributed by atoms with van der Waals surface area (Å²) in [6.45, 7) is 5.50. The van der Waals surface area contributed by atoms with Crippen LogP contribution in [0.25, 0.3) is 0 Å². The van der Waals surface area contributed by atoms with Crippen molar-refractivity contribution in [1.29, 1.82) is 0 Å². The summed E-state index contributed by atoms with van der Waals surface area (Å²) in [5, 5.41) is 3.22. The molecule has 134 valence electrons. The molecule has 5 nitrogen and oxygen atoms in total. The van der Waals surface area contributed by atoms with Gasteiger partial charge in [-0.1, -0.05) is 6.92 Å². The molecule has 0 saturated carbocycles. The third-order valence-electron chi connectivity index (χ3n) is 4.99. The Labute approximate surface area is 146 Å². The lowest BCUT2D eigenvalue weighted by atomic mass is 9.94. The van der Waals surface area contributed by atoms with Crippen LogP contribution in [0.15, 0.2) is 0 Å². The summed E-state index contributed by atoms with van der Waals surface area (Å²) in [6, 6.07) is -0.200. The maximum absolute atomic E-state index is 12.9. The molecule has 23 heavy (non-hydrogen) atoms. The number of hydrogen-bond acceptors (Lipinski definition) is 3. The maximum atomic E-state index is 12.9. The van der Waals surface area contributed by atoms with Crippen LogP contribution in [0.1, 0.15) is 51.9 Å². The van der Waals surface area contributed by atoms with Crippen LogP contribution in [-0.4, -0.2) is 60.9 Å². The van der Waals surface area contributed by atoms with Gasteiger partial charge in [-0.15, -0.1) is 12.4 Å². The van der Waals surface area contributed by atoms with E-state index in [9.17, 15) is 9.59 Å². The van der Waals surface area contributed by atoms with Crippen molar-refractivity contribution in [2.24, 2.45) is 5.92 Å². The lowest BCUT2D eigenvalue weighted by Crippen LogP contribution is -2.54. The number of rotatable bonds is 5. The molecule has 0 bridgehead atoms. The highest BCUT2D eigenvalue weighted by Gasteiger charge is 2.35. The van der Waals surface area contributed by atoms with Crippen molar-refractivity contribution in [2.45, 2.75) is 57.9 Å². The summed E-state index contributed by atoms with van der Waals surface area (Å²) in [4.78, 5) is 29.0. The molecule has 2 rings (SSSR count). The Morgan fingerprint density at radius 1 is 1.09 bits per heavy atom. The van der Waals surface area contributed by atoms with E-state index in [2.05, 4.69) is 5.32 Å². The van der Waals surface area contributed by atoms with Crippen molar-refractivity contribution in [3.8, 4) is 0 Å². The highest BCUT2D eigenvalue weighted by Crippen LogP contribution is 2.23. The molecule has 2 saturated heterocycles. The summed E-state index contributed by atoms with van der Waals surface area (Å²) < 4.78 is 0. The average molecular weight is 346 g/mol. The van der Waals surface area contributed by atoms with E-state index in [1.165, 1.54) is 0 Å². The Balaban J connectivity index is 0.00000264. The zero-order valence-electron chi connectivity index (χ0n) is 14.6. The second kappa shape index (κ2) is 10.1. The number of halogens is 1. The van der Waals surface area contributed by atoms with Gasteiger partial charge in [-0.25, -0.2) is 0 Å². The zero-order chi connectivity index (χ0) is 15.9. The van der Waals surface area contributed by atoms with Crippen LogP contribution in [0.4, 0.5) is 0 Å². The molecule has 6 heteroatoms. The number of likely N-dealkylation sites (tertiary alicyclic amines) is 2. The summed E-state index contributed by atoms with van der Waals surface area (Å²) in [5.41, 5.74) is 0. The molecule has 2 amide bonds. The lowest BCUT2D eigenvalue weighted by Gasteiger charge is -2.40. The van der Waals surface area contributed by atoms with Gasteiger partial charge in [-0.3, -0.25) is 9.59 Å². The van der Waals surface area contributed by atoms with Gasteiger partial charge in [0.25, 0.3) is 0 Å². The van der Waals surface area contributed by atoms with Gasteiger partial charge in [0, 0.05) is 26.1 Å². The Morgan fingerprint density at radius 3 is 2.39 bits per heavy atom. The van der Waals surface area contributed by atoms with Gasteiger partial charge < -0.3 is 15.1 Å². The van der Waals surface area contributed by atoms with Crippen LogP contribution in [0.3, 0.4) is 0 Å². The Morgan fingerprint density at radius 2 is 1.78 bits per heavy atom. The highest BCUT2D eigenvalue weighted by molar-refractivity contribution is 5.88. The minimum atomic E-state index is -0.200. The molecule has 0 radical (unpaired) electrons. The molecule has 0 aromatic heterocycles. The third kappa shape index (κ3) is 5.35. The molecular weight excluding hydrogens is 314 g/mol. The number of nitrogens with zero attached hydrogens (tertiary/aromatic N) is 2. The highest BCUT2D eigenvalue weighted by atomic mass is 35.5. The molecule has 0 aliphatic carbocycles. The molecule has 2 aliphatic heterocycles. The van der Waals surface area contributed by atoms with Crippen LogP contribution >= 0.6 is 12.4 Å². The smallest absolute Gasteiger partial charge is 0.245 e. The maximum Gasteiger partial charge on any atom is 0.245 e. The number of amides is 2. The van der Waals surface area contributed by atoms with Crippen LogP contribution in [0.5, 0.6) is 0 Å². The van der Waals surface area contributed by atoms with Crippen molar-refractivity contribution in [3.63, 3.8) is 0 Å². The second-order valence-electron chi connectivity index (χ2n) is 6.68. The van der Waals surface area contributed by atoms with Crippen LogP contribution in [-0.2, 0) is 9.59 Å². The quantitative estimate of drug-likeness (QED) is 0.829. The molecule has 0 aromatic rings. The molecule has 0 spiro atoms. The topological polar surface area (TPSA) is 52.7 Å². The zero-order valence-corrected chi connectivity index (χ0v) is 15.4. The fourth-order valence-corrected chi connectivity index (χ4v) is 3.70. The number of piperidine rings is 2. The van der Waals surface area contributed by atoms with Crippen LogP contribution in [0, 0.1) is 5.92 Å². The monoisotopic (exact) mass is 345 g/mol. The fraction of sp³-hybridized carbons (Fsp3) is 0.882. The van der Waals surface area contributed by atoms with Gasteiger partial charge in [-0.2, -0.15) is 0 Å². The van der Waals surface area contributed by atoms with E-state index < -0.39 is 0 Å². The summed E-state index contributed by atoms with van der Waals surface area (Å²) in [6.07, 6.45) is 6.49. The fourth-order valence-electron chi connectivity index (χ4n) is 3.70. The predicted molar refractivity (Wildman–Crippen MR) is 94.7 cm³/mol. The molecular formula is C17H32ClN3O2. The first kappa shape index (κ1) is 20.2. The normalized spacial score (nSPS) is 22.6. The average Bonchev–Trinajstić information content (AvgIpc) is 2.55. The molecule has 1 atom stereocenters. The molecule has 2 heterocycles. The summed E-state index contributed by atoms with van der Waals surface area (Å²) >= 11 is 0. The molecule has 2 aliphatic rings. The number of nitrogens with one attached hydrogen (secondary N) is 1. The van der Waals surface area contributed by atoms with Gasteiger partial charge in [0.05, 0.1) is 0 Å². The standard InChI is InChI=1S/C17H31N3O2.ClH/c1-3-6-16(21)20-10-5-4-7-15(20)17(22)19-11-8-14(9-12-19)13-18-2;/h14-15,18H,3-13H2,1-2H3;1H. The van der Waals surface area contributed by atoms with Crippen molar-refractivity contribution in [3.05, 3.63) is 0 Å². The number of hydrogen-bond donors (Lipinski definition) is 1. The van der Waals surface area contributed by atoms with Gasteiger partial charge >= 0.3 is 0 Å². The number of carbonyl (C=O) groups is 2. The second-order valence-corrected chi connectivity index (χ2v) is 6.68. The van der Waals surface area contributed by atoms with Crippen molar-refractivity contribution < 1.29 is 9.59 Å².